The van der Waals surface area contributed by atoms with E-state index in [1.807, 2.05) is 0 Å². The summed E-state index contributed by atoms with van der Waals surface area (Å²) < 4.78 is 21.0. The van der Waals surface area contributed by atoms with Gasteiger partial charge in [0.05, 0.1) is 10.9 Å². The first-order valence-electron chi connectivity index (χ1n) is 6.04. The molecule has 3 rings (SSSR count). The zero-order valence-electron chi connectivity index (χ0n) is 9.80. The van der Waals surface area contributed by atoms with Gasteiger partial charge in [0.1, 0.15) is 6.29 Å². The lowest BCUT2D eigenvalue weighted by Gasteiger charge is -2.23. The van der Waals surface area contributed by atoms with Crippen LogP contribution in [0.1, 0.15) is 35.8 Å². The minimum Gasteiger partial charge on any atom is -0.356 e. The van der Waals surface area contributed by atoms with Gasteiger partial charge in [0, 0.05) is 12.2 Å². The molecule has 0 saturated carbocycles. The SMILES string of the molecule is O=Cc1ccc2c(c1)c(F)nn2C1CCCCO1. The number of rotatable bonds is 2. The lowest BCUT2D eigenvalue weighted by atomic mass is 10.1. The van der Waals surface area contributed by atoms with Gasteiger partial charge in [-0.05, 0) is 37.5 Å². The van der Waals surface area contributed by atoms with Gasteiger partial charge in [-0.3, -0.25) is 4.79 Å². The Morgan fingerprint density at radius 1 is 1.44 bits per heavy atom. The van der Waals surface area contributed by atoms with Crippen molar-refractivity contribution in [1.82, 2.24) is 9.78 Å². The molecule has 1 fully saturated rings. The molecule has 18 heavy (non-hydrogen) atoms. The van der Waals surface area contributed by atoms with Crippen molar-refractivity contribution in [2.24, 2.45) is 0 Å². The summed E-state index contributed by atoms with van der Waals surface area (Å²) in [4.78, 5) is 10.7. The molecule has 0 spiro atoms. The molecule has 0 aliphatic carbocycles. The Morgan fingerprint density at radius 3 is 3.06 bits per heavy atom. The Hall–Kier alpha value is -1.75. The number of benzene rings is 1. The normalized spacial score (nSPS) is 20.2. The number of aldehydes is 1. The van der Waals surface area contributed by atoms with Gasteiger partial charge in [-0.25, -0.2) is 4.68 Å². The van der Waals surface area contributed by atoms with Crippen molar-refractivity contribution in [3.05, 3.63) is 29.7 Å². The number of ether oxygens (including phenoxy) is 1. The molecule has 1 aliphatic heterocycles. The number of hydrogen-bond acceptors (Lipinski definition) is 3. The molecule has 0 amide bonds. The Bertz CT molecular complexity index is 588. The van der Waals surface area contributed by atoms with Crippen LogP contribution in [0.4, 0.5) is 4.39 Å². The van der Waals surface area contributed by atoms with Gasteiger partial charge >= 0.3 is 0 Å². The maximum absolute atomic E-state index is 13.8. The van der Waals surface area contributed by atoms with Crippen LogP contribution in [0.5, 0.6) is 0 Å². The highest BCUT2D eigenvalue weighted by Crippen LogP contribution is 2.27. The third-order valence-corrected chi connectivity index (χ3v) is 3.25. The second kappa shape index (κ2) is 4.49. The molecular weight excluding hydrogens is 235 g/mol. The smallest absolute Gasteiger partial charge is 0.240 e. The van der Waals surface area contributed by atoms with Gasteiger partial charge in [0.2, 0.25) is 5.95 Å². The molecule has 2 heterocycles. The quantitative estimate of drug-likeness (QED) is 0.767. The van der Waals surface area contributed by atoms with Crippen molar-refractivity contribution in [2.75, 3.05) is 6.61 Å². The van der Waals surface area contributed by atoms with Crippen LogP contribution in [0.25, 0.3) is 10.9 Å². The highest BCUT2D eigenvalue weighted by molar-refractivity contribution is 5.87. The van der Waals surface area contributed by atoms with E-state index in [4.69, 9.17) is 4.74 Å². The summed E-state index contributed by atoms with van der Waals surface area (Å²) in [6.07, 6.45) is 3.43. The molecule has 1 aliphatic rings. The maximum Gasteiger partial charge on any atom is 0.240 e. The van der Waals surface area contributed by atoms with Crippen LogP contribution in [0.3, 0.4) is 0 Å². The zero-order valence-corrected chi connectivity index (χ0v) is 9.80. The fourth-order valence-electron chi connectivity index (χ4n) is 2.33. The van der Waals surface area contributed by atoms with Crippen molar-refractivity contribution in [1.29, 1.82) is 0 Å². The minimum absolute atomic E-state index is 0.201. The Morgan fingerprint density at radius 2 is 2.33 bits per heavy atom. The summed E-state index contributed by atoms with van der Waals surface area (Å²) in [7, 11) is 0. The number of hydrogen-bond donors (Lipinski definition) is 0. The van der Waals surface area contributed by atoms with Crippen molar-refractivity contribution >= 4 is 17.2 Å². The molecular formula is C13H13FN2O2. The third kappa shape index (κ3) is 1.80. The van der Waals surface area contributed by atoms with E-state index in [0.29, 0.717) is 29.4 Å². The van der Waals surface area contributed by atoms with E-state index in [-0.39, 0.29) is 6.23 Å². The van der Waals surface area contributed by atoms with Crippen LogP contribution in [-0.4, -0.2) is 22.7 Å². The number of carbonyl (C=O) groups is 1. The summed E-state index contributed by atoms with van der Waals surface area (Å²) in [5.41, 5.74) is 1.12. The van der Waals surface area contributed by atoms with Crippen molar-refractivity contribution in [3.8, 4) is 0 Å². The molecule has 1 unspecified atom stereocenters. The number of halogens is 1. The van der Waals surface area contributed by atoms with Crippen LogP contribution in [0, 0.1) is 5.95 Å². The average molecular weight is 248 g/mol. The van der Waals surface area contributed by atoms with Gasteiger partial charge in [-0.15, -0.1) is 5.10 Å². The highest BCUT2D eigenvalue weighted by atomic mass is 19.1. The van der Waals surface area contributed by atoms with E-state index in [1.54, 1.807) is 16.8 Å². The lowest BCUT2D eigenvalue weighted by molar-refractivity contribution is -0.0375. The van der Waals surface area contributed by atoms with E-state index in [0.717, 1.165) is 19.3 Å². The average Bonchev–Trinajstić information content (AvgIpc) is 2.77. The first-order chi connectivity index (χ1) is 8.79. The van der Waals surface area contributed by atoms with Crippen LogP contribution in [-0.2, 0) is 4.74 Å². The first-order valence-corrected chi connectivity index (χ1v) is 6.04. The van der Waals surface area contributed by atoms with Crippen molar-refractivity contribution in [2.45, 2.75) is 25.5 Å². The summed E-state index contributed by atoms with van der Waals surface area (Å²) in [5.74, 6) is -0.553. The van der Waals surface area contributed by atoms with Gasteiger partial charge < -0.3 is 4.74 Å². The van der Waals surface area contributed by atoms with E-state index < -0.39 is 5.95 Å². The Labute approximate surface area is 103 Å². The summed E-state index contributed by atoms with van der Waals surface area (Å²) in [5, 5.41) is 4.27. The molecule has 1 aromatic heterocycles. The molecule has 2 aromatic rings. The molecule has 1 atom stereocenters. The second-order valence-electron chi connectivity index (χ2n) is 4.45. The number of nitrogens with zero attached hydrogens (tertiary/aromatic N) is 2. The Balaban J connectivity index is 2.09. The molecule has 1 saturated heterocycles. The fraction of sp³-hybridized carbons (Fsp3) is 0.385. The standard InChI is InChI=1S/C13H13FN2O2/c14-13-10-7-9(8-17)4-5-11(10)16(15-13)12-3-1-2-6-18-12/h4-5,7-8,12H,1-3,6H2. The largest absolute Gasteiger partial charge is 0.356 e. The molecule has 94 valence electrons. The third-order valence-electron chi connectivity index (χ3n) is 3.25. The van der Waals surface area contributed by atoms with Crippen molar-refractivity contribution in [3.63, 3.8) is 0 Å². The molecule has 0 N–H and O–H groups in total. The van der Waals surface area contributed by atoms with Crippen LogP contribution in [0.2, 0.25) is 0 Å². The fourth-order valence-corrected chi connectivity index (χ4v) is 2.33. The first kappa shape index (κ1) is 11.3. The highest BCUT2D eigenvalue weighted by Gasteiger charge is 2.21. The minimum atomic E-state index is -0.553. The van der Waals surface area contributed by atoms with Crippen LogP contribution in [0.15, 0.2) is 18.2 Å². The molecule has 1 aromatic carbocycles. The van der Waals surface area contributed by atoms with E-state index in [2.05, 4.69) is 5.10 Å². The second-order valence-corrected chi connectivity index (χ2v) is 4.45. The van der Waals surface area contributed by atoms with E-state index in [9.17, 15) is 9.18 Å². The maximum atomic E-state index is 13.8. The van der Waals surface area contributed by atoms with Crippen LogP contribution >= 0.6 is 0 Å². The zero-order chi connectivity index (χ0) is 12.5. The summed E-state index contributed by atoms with van der Waals surface area (Å²) >= 11 is 0. The predicted molar refractivity (Wildman–Crippen MR) is 63.9 cm³/mol. The van der Waals surface area contributed by atoms with Crippen LogP contribution < -0.4 is 0 Å². The van der Waals surface area contributed by atoms with Gasteiger partial charge in [0.25, 0.3) is 0 Å². The molecule has 4 nitrogen and oxygen atoms in total. The topological polar surface area (TPSA) is 44.1 Å². The molecule has 0 radical (unpaired) electrons. The monoisotopic (exact) mass is 248 g/mol. The number of carbonyl (C=O) groups excluding carboxylic acids is 1. The van der Waals surface area contributed by atoms with Gasteiger partial charge in [-0.2, -0.15) is 4.39 Å². The number of aromatic nitrogens is 2. The van der Waals surface area contributed by atoms with Gasteiger partial charge in [0.15, 0.2) is 6.23 Å². The number of fused-ring (bicyclic) bond motifs is 1. The summed E-state index contributed by atoms with van der Waals surface area (Å²) in [6.45, 7) is 0.681. The van der Waals surface area contributed by atoms with E-state index in [1.165, 1.54) is 6.07 Å². The lowest BCUT2D eigenvalue weighted by Crippen LogP contribution is -2.19. The molecule has 5 heteroatoms. The van der Waals surface area contributed by atoms with E-state index >= 15 is 0 Å². The molecule has 0 bridgehead atoms. The van der Waals surface area contributed by atoms with Crippen molar-refractivity contribution < 1.29 is 13.9 Å². The Kier molecular flexibility index (Phi) is 2.83. The van der Waals surface area contributed by atoms with Gasteiger partial charge in [-0.1, -0.05) is 0 Å². The summed E-state index contributed by atoms with van der Waals surface area (Å²) in [6, 6.07) is 4.90. The predicted octanol–water partition coefficient (Wildman–Crippen LogP) is 2.69.